The lowest BCUT2D eigenvalue weighted by atomic mass is 9.86. The first-order valence-corrected chi connectivity index (χ1v) is 13.6. The molecule has 189 valence electrons. The van der Waals surface area contributed by atoms with Crippen LogP contribution in [0.15, 0.2) is 142 Å². The van der Waals surface area contributed by atoms with Crippen molar-refractivity contribution in [3.63, 3.8) is 0 Å². The molecule has 2 heterocycles. The summed E-state index contributed by atoms with van der Waals surface area (Å²) in [6, 6.07) is 47.2. The summed E-state index contributed by atoms with van der Waals surface area (Å²) in [4.78, 5) is 0. The molecule has 0 atom stereocenters. The van der Waals surface area contributed by atoms with Gasteiger partial charge in [-0.15, -0.1) is 0 Å². The molecule has 0 unspecified atom stereocenters. The standard InChI is InChI=1S/C38H22O2.B/c1-2-10-23(11-3-1)35-25-12-4-6-14-27(25)36(28-15-7-5-13-26(28)35)24-18-19-32-30(22-24)38-34(40-32)21-20-33-37(38)29-16-8-9-17-31(29)39-33;/h1-22H;. The highest BCUT2D eigenvalue weighted by Gasteiger charge is 2.19. The summed E-state index contributed by atoms with van der Waals surface area (Å²) < 4.78 is 12.6. The molecule has 0 bridgehead atoms. The van der Waals surface area contributed by atoms with Gasteiger partial charge in [0.1, 0.15) is 22.3 Å². The molecule has 0 amide bonds. The van der Waals surface area contributed by atoms with Crippen molar-refractivity contribution in [1.82, 2.24) is 0 Å². The van der Waals surface area contributed by atoms with Crippen LogP contribution in [0.2, 0.25) is 0 Å². The zero-order chi connectivity index (χ0) is 26.2. The van der Waals surface area contributed by atoms with Crippen molar-refractivity contribution in [3.8, 4) is 22.3 Å². The lowest BCUT2D eigenvalue weighted by molar-refractivity contribution is 0.663. The van der Waals surface area contributed by atoms with E-state index in [2.05, 4.69) is 109 Å². The van der Waals surface area contributed by atoms with Gasteiger partial charge in [0.05, 0.1) is 0 Å². The van der Waals surface area contributed by atoms with Crippen LogP contribution in [0.4, 0.5) is 0 Å². The number of furan rings is 2. The van der Waals surface area contributed by atoms with Crippen LogP contribution >= 0.6 is 0 Å². The van der Waals surface area contributed by atoms with E-state index in [1.54, 1.807) is 0 Å². The highest BCUT2D eigenvalue weighted by atomic mass is 16.3. The Balaban J connectivity index is 0.00000256. The van der Waals surface area contributed by atoms with Crippen molar-refractivity contribution in [2.75, 3.05) is 0 Å². The minimum atomic E-state index is 0. The van der Waals surface area contributed by atoms with E-state index in [0.717, 1.165) is 43.9 Å². The van der Waals surface area contributed by atoms with Gasteiger partial charge in [-0.1, -0.05) is 103 Å². The zero-order valence-electron chi connectivity index (χ0n) is 22.1. The Labute approximate surface area is 238 Å². The number of rotatable bonds is 2. The van der Waals surface area contributed by atoms with E-state index in [4.69, 9.17) is 8.83 Å². The van der Waals surface area contributed by atoms with Crippen LogP contribution in [0.3, 0.4) is 0 Å². The van der Waals surface area contributed by atoms with E-state index in [0.29, 0.717) is 0 Å². The normalized spacial score (nSPS) is 11.7. The first-order chi connectivity index (χ1) is 19.8. The van der Waals surface area contributed by atoms with E-state index in [-0.39, 0.29) is 8.41 Å². The summed E-state index contributed by atoms with van der Waals surface area (Å²) in [7, 11) is 0. The number of para-hydroxylation sites is 1. The summed E-state index contributed by atoms with van der Waals surface area (Å²) in [5, 5.41) is 9.42. The van der Waals surface area contributed by atoms with Gasteiger partial charge in [0.15, 0.2) is 0 Å². The zero-order valence-corrected chi connectivity index (χ0v) is 22.1. The second-order valence-electron chi connectivity index (χ2n) is 10.4. The predicted octanol–water partition coefficient (Wildman–Crippen LogP) is 10.7. The molecular formula is C38H22BO2. The molecule has 0 aliphatic carbocycles. The fourth-order valence-corrected chi connectivity index (χ4v) is 6.59. The second kappa shape index (κ2) is 8.87. The van der Waals surface area contributed by atoms with Gasteiger partial charge in [-0.2, -0.15) is 0 Å². The maximum absolute atomic E-state index is 6.38. The van der Waals surface area contributed by atoms with Crippen LogP contribution in [-0.4, -0.2) is 8.41 Å². The van der Waals surface area contributed by atoms with Gasteiger partial charge in [0, 0.05) is 30.0 Å². The van der Waals surface area contributed by atoms with Gasteiger partial charge in [-0.25, -0.2) is 0 Å². The minimum Gasteiger partial charge on any atom is -0.456 e. The Morgan fingerprint density at radius 1 is 0.317 bits per heavy atom. The molecule has 0 aliphatic heterocycles. The van der Waals surface area contributed by atoms with E-state index in [1.807, 2.05) is 24.3 Å². The molecule has 0 N–H and O–H groups in total. The van der Waals surface area contributed by atoms with Gasteiger partial charge in [-0.3, -0.25) is 0 Å². The molecule has 3 heteroatoms. The smallest absolute Gasteiger partial charge is 0.136 e. The quantitative estimate of drug-likeness (QED) is 0.167. The van der Waals surface area contributed by atoms with Crippen LogP contribution in [0.25, 0.3) is 87.7 Å². The van der Waals surface area contributed by atoms with Gasteiger partial charge >= 0.3 is 0 Å². The average Bonchev–Trinajstić information content (AvgIpc) is 3.58. The van der Waals surface area contributed by atoms with E-state index < -0.39 is 0 Å². The predicted molar refractivity (Wildman–Crippen MR) is 173 cm³/mol. The fraction of sp³-hybridized carbons (Fsp3) is 0. The van der Waals surface area contributed by atoms with Crippen LogP contribution in [0, 0.1) is 0 Å². The largest absolute Gasteiger partial charge is 0.456 e. The molecule has 0 saturated carbocycles. The first-order valence-electron chi connectivity index (χ1n) is 13.6. The number of hydrogen-bond donors (Lipinski definition) is 0. The highest BCUT2D eigenvalue weighted by Crippen LogP contribution is 2.46. The molecule has 41 heavy (non-hydrogen) atoms. The third-order valence-electron chi connectivity index (χ3n) is 8.26. The Hall–Kier alpha value is -5.28. The molecule has 3 radical (unpaired) electrons. The molecule has 2 aromatic heterocycles. The van der Waals surface area contributed by atoms with Gasteiger partial charge < -0.3 is 8.83 Å². The van der Waals surface area contributed by atoms with Crippen molar-refractivity contribution < 1.29 is 8.83 Å². The number of fused-ring (bicyclic) bond motifs is 9. The Morgan fingerprint density at radius 3 is 1.37 bits per heavy atom. The van der Waals surface area contributed by atoms with Crippen LogP contribution in [0.1, 0.15) is 0 Å². The summed E-state index contributed by atoms with van der Waals surface area (Å²) in [5.74, 6) is 0. The Kier molecular flexibility index (Phi) is 5.11. The van der Waals surface area contributed by atoms with E-state index in [1.165, 1.54) is 43.8 Å². The fourth-order valence-electron chi connectivity index (χ4n) is 6.59. The van der Waals surface area contributed by atoms with Gasteiger partial charge in [0.2, 0.25) is 0 Å². The number of benzene rings is 7. The summed E-state index contributed by atoms with van der Waals surface area (Å²) in [6.45, 7) is 0. The van der Waals surface area contributed by atoms with Crippen LogP contribution in [-0.2, 0) is 0 Å². The Morgan fingerprint density at radius 2 is 0.756 bits per heavy atom. The van der Waals surface area contributed by atoms with Crippen molar-refractivity contribution in [2.24, 2.45) is 0 Å². The maximum atomic E-state index is 6.38. The summed E-state index contributed by atoms with van der Waals surface area (Å²) in [5.41, 5.74) is 8.45. The van der Waals surface area contributed by atoms with Crippen LogP contribution < -0.4 is 0 Å². The lowest BCUT2D eigenvalue weighted by Crippen LogP contribution is -1.90. The van der Waals surface area contributed by atoms with Crippen molar-refractivity contribution >= 4 is 73.8 Å². The molecule has 9 rings (SSSR count). The molecule has 2 nitrogen and oxygen atoms in total. The van der Waals surface area contributed by atoms with Gasteiger partial charge in [-0.05, 0) is 74.1 Å². The molecule has 0 saturated heterocycles. The molecule has 0 aliphatic rings. The first kappa shape index (κ1) is 23.6. The monoisotopic (exact) mass is 521 g/mol. The molecular weight excluding hydrogens is 499 g/mol. The van der Waals surface area contributed by atoms with Crippen molar-refractivity contribution in [3.05, 3.63) is 133 Å². The molecule has 7 aromatic carbocycles. The number of hydrogen-bond acceptors (Lipinski definition) is 2. The van der Waals surface area contributed by atoms with Crippen LogP contribution in [0.5, 0.6) is 0 Å². The topological polar surface area (TPSA) is 26.3 Å². The van der Waals surface area contributed by atoms with Crippen molar-refractivity contribution in [1.29, 1.82) is 0 Å². The van der Waals surface area contributed by atoms with E-state index in [9.17, 15) is 0 Å². The van der Waals surface area contributed by atoms with Crippen molar-refractivity contribution in [2.45, 2.75) is 0 Å². The molecule has 0 fully saturated rings. The second-order valence-corrected chi connectivity index (χ2v) is 10.4. The highest BCUT2D eigenvalue weighted by molar-refractivity contribution is 6.27. The third kappa shape index (κ3) is 3.33. The summed E-state index contributed by atoms with van der Waals surface area (Å²) >= 11 is 0. The third-order valence-corrected chi connectivity index (χ3v) is 8.26. The maximum Gasteiger partial charge on any atom is 0.136 e. The summed E-state index contributed by atoms with van der Waals surface area (Å²) in [6.07, 6.45) is 0. The molecule has 9 aromatic rings. The molecule has 0 spiro atoms. The van der Waals surface area contributed by atoms with Gasteiger partial charge in [0.25, 0.3) is 0 Å². The average molecular weight is 521 g/mol. The SMILES string of the molecule is [B].c1ccc(-c2c3ccccc3c(-c3ccc4oc5ccc6oc7ccccc7c6c5c4c3)c3ccccc23)cc1. The Bertz CT molecular complexity index is 2370. The lowest BCUT2D eigenvalue weighted by Gasteiger charge is -2.17. The minimum absolute atomic E-state index is 0. The van der Waals surface area contributed by atoms with E-state index >= 15 is 0 Å².